The first-order valence-corrected chi connectivity index (χ1v) is 25.2. The third-order valence-corrected chi connectivity index (χ3v) is 14.7. The zero-order valence-corrected chi connectivity index (χ0v) is 40.5. The summed E-state index contributed by atoms with van der Waals surface area (Å²) in [5, 5.41) is 12.2. The molecule has 0 amide bonds. The number of fused-ring (bicyclic) bond motifs is 7. The molecule has 0 aliphatic carbocycles. The van der Waals surface area contributed by atoms with Gasteiger partial charge in [0, 0.05) is 50.5 Å². The molecule has 1 aromatic heterocycles. The van der Waals surface area contributed by atoms with Crippen LogP contribution in [0.3, 0.4) is 0 Å². The van der Waals surface area contributed by atoms with Crippen molar-refractivity contribution in [2.75, 3.05) is 9.80 Å². The number of aryl methyl sites for hydroxylation is 4. The van der Waals surface area contributed by atoms with Crippen LogP contribution in [0.2, 0.25) is 0 Å². The van der Waals surface area contributed by atoms with Crippen molar-refractivity contribution in [2.45, 2.75) is 66.2 Å². The molecule has 0 radical (unpaired) electrons. The number of aromatic nitrogens is 1. The average molecular weight is 903 g/mol. The van der Waals surface area contributed by atoms with Gasteiger partial charge in [0.15, 0.2) is 0 Å². The first kappa shape index (κ1) is 43.2. The number of unbranched alkanes of at least 4 members (excludes halogenated alkanes) is 2. The molecule has 338 valence electrons. The molecule has 12 rings (SSSR count). The molecule has 0 saturated heterocycles. The van der Waals surface area contributed by atoms with Gasteiger partial charge >= 0.3 is 0 Å². The normalized spacial score (nSPS) is 12.5. The molecule has 2 aliphatic rings. The number of nitriles is 1. The van der Waals surface area contributed by atoms with Crippen molar-refractivity contribution >= 4 is 79.0 Å². The Hall–Kier alpha value is -8.07. The number of benzene rings is 9. The van der Waals surface area contributed by atoms with Crippen molar-refractivity contribution in [1.82, 2.24) is 4.57 Å². The van der Waals surface area contributed by atoms with Gasteiger partial charge in [0.1, 0.15) is 0 Å². The van der Waals surface area contributed by atoms with E-state index in [1.807, 2.05) is 18.2 Å². The van der Waals surface area contributed by atoms with Crippen LogP contribution in [0.4, 0.5) is 34.1 Å². The molecule has 0 N–H and O–H groups in total. The minimum atomic E-state index is 0.0436. The van der Waals surface area contributed by atoms with E-state index in [2.05, 4.69) is 218 Å². The first-order chi connectivity index (χ1) is 34.4. The summed E-state index contributed by atoms with van der Waals surface area (Å²) in [6, 6.07) is 72.4. The van der Waals surface area contributed by atoms with E-state index in [0.717, 1.165) is 66.4 Å². The van der Waals surface area contributed by atoms with Crippen LogP contribution in [0.1, 0.15) is 67.3 Å². The summed E-state index contributed by atoms with van der Waals surface area (Å²) in [7, 11) is 0. The molecule has 0 atom stereocenters. The van der Waals surface area contributed by atoms with Crippen molar-refractivity contribution in [3.05, 3.63) is 216 Å². The largest absolute Gasteiger partial charge is 0.311 e. The highest BCUT2D eigenvalue weighted by Gasteiger charge is 2.43. The highest BCUT2D eigenvalue weighted by Crippen LogP contribution is 2.47. The number of hydrogen-bond donors (Lipinski definition) is 0. The minimum Gasteiger partial charge on any atom is -0.311 e. The summed E-state index contributed by atoms with van der Waals surface area (Å²) in [5.74, 6) is 0. The zero-order valence-electron chi connectivity index (χ0n) is 40.5. The Bertz CT molecular complexity index is 3590. The molecule has 5 heteroatoms. The van der Waals surface area contributed by atoms with Gasteiger partial charge in [-0.25, -0.2) is 0 Å². The highest BCUT2D eigenvalue weighted by atomic mass is 15.2. The maximum Gasteiger partial charge on any atom is 0.252 e. The van der Waals surface area contributed by atoms with Crippen molar-refractivity contribution in [2.24, 2.45) is 0 Å². The van der Waals surface area contributed by atoms with Crippen LogP contribution < -0.4 is 26.2 Å². The van der Waals surface area contributed by atoms with Crippen molar-refractivity contribution in [3.63, 3.8) is 0 Å². The lowest BCUT2D eigenvalue weighted by Crippen LogP contribution is -2.61. The summed E-state index contributed by atoms with van der Waals surface area (Å²) in [4.78, 5) is 5.16. The molecular formula is C65H55BN4. The Morgan fingerprint density at radius 3 is 1.66 bits per heavy atom. The molecule has 0 fully saturated rings. The monoisotopic (exact) mass is 902 g/mol. The SMILES string of the molecule is CCCCc1cc(C)cc(N2c3ccccc3B3c4ccccc4N(c4cc(C)cc(CCCC)c4)c4cc(-c5ccc6c(c5)c5ccccc5n6-c5ccccc5-c5cccc(C#N)c5)cc2c43)c1. The Labute approximate surface area is 412 Å². The van der Waals surface area contributed by atoms with Crippen molar-refractivity contribution in [3.8, 4) is 34.0 Å². The second-order valence-corrected chi connectivity index (χ2v) is 19.5. The van der Waals surface area contributed by atoms with Gasteiger partial charge in [-0.05, 0) is 180 Å². The number of rotatable bonds is 11. The third kappa shape index (κ3) is 7.29. The molecular weight excluding hydrogens is 848 g/mol. The second kappa shape index (κ2) is 17.8. The smallest absolute Gasteiger partial charge is 0.252 e. The van der Waals surface area contributed by atoms with Crippen LogP contribution in [0.25, 0.3) is 49.7 Å². The third-order valence-electron chi connectivity index (χ3n) is 14.7. The predicted octanol–water partition coefficient (Wildman–Crippen LogP) is 15.4. The molecule has 0 spiro atoms. The lowest BCUT2D eigenvalue weighted by atomic mass is 9.33. The van der Waals surface area contributed by atoms with Crippen molar-refractivity contribution in [1.29, 1.82) is 5.26 Å². The quantitative estimate of drug-likeness (QED) is 0.121. The summed E-state index contributed by atoms with van der Waals surface area (Å²) in [6.45, 7) is 9.11. The van der Waals surface area contributed by atoms with Gasteiger partial charge in [-0.15, -0.1) is 0 Å². The van der Waals surface area contributed by atoms with Gasteiger partial charge in [0.05, 0.1) is 28.4 Å². The molecule has 3 heterocycles. The van der Waals surface area contributed by atoms with E-state index < -0.39 is 0 Å². The van der Waals surface area contributed by atoms with E-state index >= 15 is 0 Å². The maximum atomic E-state index is 9.85. The standard InChI is InChI=1S/C65H55BN4/c1-5-7-18-45-32-43(3)34-51(37-45)68-61-28-15-11-24-56(61)66-57-25-12-16-29-62(57)69(52-35-44(4)33-46(38-52)19-8-6-2)64-41-50(40-63(68)65(64)66)48-30-31-60-55(39-48)54-23-10-14-27-59(54)70(60)58-26-13-9-22-53(58)49-21-17-20-47(36-49)42-67/h9-17,20-41H,5-8,18-19H2,1-4H3. The Morgan fingerprint density at radius 2 is 1.03 bits per heavy atom. The lowest BCUT2D eigenvalue weighted by molar-refractivity contribution is 0.794. The van der Waals surface area contributed by atoms with E-state index in [-0.39, 0.29) is 6.71 Å². The molecule has 70 heavy (non-hydrogen) atoms. The van der Waals surface area contributed by atoms with Crippen LogP contribution in [0, 0.1) is 25.2 Å². The van der Waals surface area contributed by atoms with Crippen LogP contribution >= 0.6 is 0 Å². The van der Waals surface area contributed by atoms with E-state index in [9.17, 15) is 5.26 Å². The average Bonchev–Trinajstić information content (AvgIpc) is 3.72. The summed E-state index contributed by atoms with van der Waals surface area (Å²) >= 11 is 0. The lowest BCUT2D eigenvalue weighted by Gasteiger charge is -2.44. The Kier molecular flexibility index (Phi) is 11.0. The fourth-order valence-corrected chi connectivity index (χ4v) is 11.7. The highest BCUT2D eigenvalue weighted by molar-refractivity contribution is 7.00. The predicted molar refractivity (Wildman–Crippen MR) is 297 cm³/mol. The van der Waals surface area contributed by atoms with Crippen molar-refractivity contribution < 1.29 is 0 Å². The first-order valence-electron chi connectivity index (χ1n) is 25.2. The molecule has 2 aliphatic heterocycles. The van der Waals surface area contributed by atoms with Crippen LogP contribution in [-0.4, -0.2) is 11.3 Å². The molecule has 0 saturated carbocycles. The van der Waals surface area contributed by atoms with E-state index in [4.69, 9.17) is 0 Å². The number of hydrogen-bond acceptors (Lipinski definition) is 3. The van der Waals surface area contributed by atoms with Gasteiger partial charge in [0.25, 0.3) is 6.71 Å². The number of nitrogens with zero attached hydrogens (tertiary/aromatic N) is 4. The van der Waals surface area contributed by atoms with Gasteiger partial charge < -0.3 is 14.4 Å². The van der Waals surface area contributed by atoms with Gasteiger partial charge in [-0.3, -0.25) is 0 Å². The molecule has 9 aromatic carbocycles. The second-order valence-electron chi connectivity index (χ2n) is 19.5. The van der Waals surface area contributed by atoms with E-state index in [1.165, 1.54) is 94.7 Å². The number of anilines is 6. The zero-order chi connectivity index (χ0) is 47.5. The summed E-state index contributed by atoms with van der Waals surface area (Å²) in [6.07, 6.45) is 6.75. The molecule has 4 nitrogen and oxygen atoms in total. The van der Waals surface area contributed by atoms with Crippen LogP contribution in [0.15, 0.2) is 188 Å². The Morgan fingerprint density at radius 1 is 0.457 bits per heavy atom. The molecule has 10 aromatic rings. The van der Waals surface area contributed by atoms with Gasteiger partial charge in [-0.1, -0.05) is 130 Å². The minimum absolute atomic E-state index is 0.0436. The van der Waals surface area contributed by atoms with Gasteiger partial charge in [-0.2, -0.15) is 5.26 Å². The summed E-state index contributed by atoms with van der Waals surface area (Å²) < 4.78 is 2.41. The van der Waals surface area contributed by atoms with Crippen LogP contribution in [-0.2, 0) is 12.8 Å². The Balaban J connectivity index is 1.13. The maximum absolute atomic E-state index is 9.85. The number of para-hydroxylation sites is 4. The topological polar surface area (TPSA) is 35.2 Å². The van der Waals surface area contributed by atoms with E-state index in [1.54, 1.807) is 0 Å². The fourth-order valence-electron chi connectivity index (χ4n) is 11.7. The molecule has 0 unspecified atom stereocenters. The van der Waals surface area contributed by atoms with Crippen LogP contribution in [0.5, 0.6) is 0 Å². The fraction of sp³-hybridized carbons (Fsp3) is 0.154. The van der Waals surface area contributed by atoms with Gasteiger partial charge in [0.2, 0.25) is 0 Å². The van der Waals surface area contributed by atoms with E-state index in [0.29, 0.717) is 5.56 Å². The summed E-state index contributed by atoms with van der Waals surface area (Å²) in [5.41, 5.74) is 25.1. The molecule has 0 bridgehead atoms.